The number of carbonyl (C=O) groups is 1. The van der Waals surface area contributed by atoms with Crippen LogP contribution in [0.4, 0.5) is 10.3 Å². The molecule has 4 rings (SSSR count). The number of halogens is 2. The molecule has 0 spiro atoms. The first kappa shape index (κ1) is 17.9. The highest BCUT2D eigenvalue weighted by Crippen LogP contribution is 2.24. The Kier molecular flexibility index (Phi) is 4.67. The number of anilines is 1. The molecule has 0 atom stereocenters. The first-order chi connectivity index (χ1) is 13.5. The molecule has 2 heterocycles. The van der Waals surface area contributed by atoms with E-state index in [2.05, 4.69) is 15.4 Å². The molecule has 0 saturated heterocycles. The fourth-order valence-electron chi connectivity index (χ4n) is 2.83. The van der Waals surface area contributed by atoms with Crippen LogP contribution in [-0.4, -0.2) is 25.2 Å². The Morgan fingerprint density at radius 1 is 1.18 bits per heavy atom. The molecule has 2 aromatic carbocycles. The van der Waals surface area contributed by atoms with E-state index in [1.807, 2.05) is 0 Å². The van der Waals surface area contributed by atoms with Crippen molar-refractivity contribution in [2.75, 3.05) is 5.32 Å². The summed E-state index contributed by atoms with van der Waals surface area (Å²) >= 11 is 6.22. The lowest BCUT2D eigenvalue weighted by atomic mass is 10.1. The minimum absolute atomic E-state index is 0.306. The first-order valence-corrected chi connectivity index (χ1v) is 8.79. The van der Waals surface area contributed by atoms with Gasteiger partial charge in [0.1, 0.15) is 5.82 Å². The van der Waals surface area contributed by atoms with Gasteiger partial charge in [0.2, 0.25) is 5.95 Å². The van der Waals surface area contributed by atoms with Crippen LogP contribution in [0.2, 0.25) is 5.02 Å². The van der Waals surface area contributed by atoms with Crippen molar-refractivity contribution in [2.24, 2.45) is 7.05 Å². The smallest absolute Gasteiger partial charge is 0.259 e. The third-order valence-electron chi connectivity index (χ3n) is 4.32. The van der Waals surface area contributed by atoms with Crippen LogP contribution in [0.1, 0.15) is 10.4 Å². The second-order valence-corrected chi connectivity index (χ2v) is 6.51. The Balaban J connectivity index is 1.61. The number of hydrogen-bond donors (Lipinski definition) is 1. The Labute approximate surface area is 165 Å². The molecule has 2 aromatic heterocycles. The monoisotopic (exact) mass is 395 g/mol. The highest BCUT2D eigenvalue weighted by molar-refractivity contribution is 6.34. The third kappa shape index (κ3) is 3.39. The molecule has 0 aliphatic carbocycles. The molecule has 28 heavy (non-hydrogen) atoms. The summed E-state index contributed by atoms with van der Waals surface area (Å²) in [4.78, 5) is 17.0. The minimum Gasteiger partial charge on any atom is -0.313 e. The fourth-order valence-corrected chi connectivity index (χ4v) is 3.04. The zero-order valence-corrected chi connectivity index (χ0v) is 15.6. The van der Waals surface area contributed by atoms with Crippen LogP contribution in [0.3, 0.4) is 0 Å². The molecule has 0 aliphatic rings. The molecule has 0 radical (unpaired) electrons. The van der Waals surface area contributed by atoms with E-state index in [4.69, 9.17) is 11.6 Å². The summed E-state index contributed by atoms with van der Waals surface area (Å²) in [7, 11) is 1.77. The van der Waals surface area contributed by atoms with Crippen molar-refractivity contribution < 1.29 is 9.18 Å². The predicted molar refractivity (Wildman–Crippen MR) is 105 cm³/mol. The van der Waals surface area contributed by atoms with Gasteiger partial charge in [0, 0.05) is 25.0 Å². The van der Waals surface area contributed by atoms with Crippen molar-refractivity contribution in [1.82, 2.24) is 19.3 Å². The molecule has 0 bridgehead atoms. The summed E-state index contributed by atoms with van der Waals surface area (Å²) in [5, 5.41) is 7.24. The number of nitrogens with zero attached hydrogens (tertiary/aromatic N) is 4. The van der Waals surface area contributed by atoms with E-state index in [1.165, 1.54) is 12.1 Å². The zero-order valence-electron chi connectivity index (χ0n) is 14.8. The van der Waals surface area contributed by atoms with Gasteiger partial charge >= 0.3 is 0 Å². The van der Waals surface area contributed by atoms with Gasteiger partial charge in [0.15, 0.2) is 0 Å². The lowest BCUT2D eigenvalue weighted by molar-refractivity contribution is 0.102. The van der Waals surface area contributed by atoms with Crippen molar-refractivity contribution in [3.8, 4) is 16.9 Å². The number of amides is 1. The molecule has 0 fully saturated rings. The highest BCUT2D eigenvalue weighted by atomic mass is 35.5. The molecular formula is C20H15ClFN5O. The molecule has 6 nitrogen and oxygen atoms in total. The third-order valence-corrected chi connectivity index (χ3v) is 4.65. The fraction of sp³-hybridized carbons (Fsp3) is 0.0500. The number of carbonyl (C=O) groups excluding carboxylic acids is 1. The first-order valence-electron chi connectivity index (χ1n) is 8.41. The van der Waals surface area contributed by atoms with E-state index >= 15 is 0 Å². The quantitative estimate of drug-likeness (QED) is 0.559. The minimum atomic E-state index is -0.390. The maximum atomic E-state index is 13.1. The Morgan fingerprint density at radius 2 is 1.96 bits per heavy atom. The van der Waals surface area contributed by atoms with Crippen molar-refractivity contribution >= 4 is 23.5 Å². The Morgan fingerprint density at radius 3 is 2.68 bits per heavy atom. The molecule has 140 valence electrons. The van der Waals surface area contributed by atoms with Crippen LogP contribution < -0.4 is 5.32 Å². The lowest BCUT2D eigenvalue weighted by Crippen LogP contribution is -2.16. The molecule has 0 unspecified atom stereocenters. The van der Waals surface area contributed by atoms with E-state index in [0.717, 1.165) is 11.3 Å². The number of benzene rings is 2. The maximum Gasteiger partial charge on any atom is 0.259 e. The Bertz CT molecular complexity index is 1140. The van der Waals surface area contributed by atoms with Crippen LogP contribution >= 0.6 is 11.6 Å². The van der Waals surface area contributed by atoms with Gasteiger partial charge in [0.25, 0.3) is 5.91 Å². The summed E-state index contributed by atoms with van der Waals surface area (Å²) in [6.07, 6.45) is 5.04. The predicted octanol–water partition coefficient (Wildman–Crippen LogP) is 4.32. The van der Waals surface area contributed by atoms with Gasteiger partial charge in [-0.3, -0.25) is 10.1 Å². The zero-order chi connectivity index (χ0) is 19.7. The molecular weight excluding hydrogens is 381 g/mol. The maximum absolute atomic E-state index is 13.1. The van der Waals surface area contributed by atoms with E-state index in [0.29, 0.717) is 22.2 Å². The van der Waals surface area contributed by atoms with Gasteiger partial charge in [-0.15, -0.1) is 0 Å². The van der Waals surface area contributed by atoms with Crippen molar-refractivity contribution in [2.45, 2.75) is 0 Å². The summed E-state index contributed by atoms with van der Waals surface area (Å²) in [5.74, 6) is -0.352. The summed E-state index contributed by atoms with van der Waals surface area (Å²) in [6, 6.07) is 12.9. The SMILES string of the molecule is Cn1c(-c2ccc(F)cc2)cnc1NC(=O)c1cc(-n2cccn2)ccc1Cl. The molecule has 0 aliphatic heterocycles. The van der Waals surface area contributed by atoms with Crippen LogP contribution in [0.5, 0.6) is 0 Å². The van der Waals surface area contributed by atoms with Crippen LogP contribution in [0.15, 0.2) is 67.1 Å². The van der Waals surface area contributed by atoms with Crippen LogP contribution in [0, 0.1) is 5.82 Å². The second kappa shape index (κ2) is 7.28. The topological polar surface area (TPSA) is 64.7 Å². The van der Waals surface area contributed by atoms with Crippen molar-refractivity contribution in [3.63, 3.8) is 0 Å². The lowest BCUT2D eigenvalue weighted by Gasteiger charge is -2.10. The van der Waals surface area contributed by atoms with Crippen LogP contribution in [-0.2, 0) is 7.05 Å². The number of imidazole rings is 1. The number of rotatable bonds is 4. The van der Waals surface area contributed by atoms with Gasteiger partial charge in [-0.25, -0.2) is 14.1 Å². The second-order valence-electron chi connectivity index (χ2n) is 6.10. The van der Waals surface area contributed by atoms with Crippen LogP contribution in [0.25, 0.3) is 16.9 Å². The summed E-state index contributed by atoms with van der Waals surface area (Å²) in [6.45, 7) is 0. The number of nitrogens with one attached hydrogen (secondary N) is 1. The normalized spacial score (nSPS) is 10.8. The van der Waals surface area contributed by atoms with E-state index in [9.17, 15) is 9.18 Å². The van der Waals surface area contributed by atoms with Crippen molar-refractivity contribution in [1.29, 1.82) is 0 Å². The Hall–Kier alpha value is -3.45. The van der Waals surface area contributed by atoms with Gasteiger partial charge in [-0.05, 0) is 48.5 Å². The van der Waals surface area contributed by atoms with E-state index < -0.39 is 5.91 Å². The van der Waals surface area contributed by atoms with Gasteiger partial charge < -0.3 is 4.57 Å². The molecule has 1 N–H and O–H groups in total. The molecule has 8 heteroatoms. The average molecular weight is 396 g/mol. The largest absolute Gasteiger partial charge is 0.313 e. The van der Waals surface area contributed by atoms with Crippen molar-refractivity contribution in [3.05, 3.63) is 83.5 Å². The van der Waals surface area contributed by atoms with E-state index in [1.54, 1.807) is 71.3 Å². The highest BCUT2D eigenvalue weighted by Gasteiger charge is 2.16. The number of aromatic nitrogens is 4. The number of hydrogen-bond acceptors (Lipinski definition) is 3. The molecule has 1 amide bonds. The average Bonchev–Trinajstić information content (AvgIpc) is 3.34. The van der Waals surface area contributed by atoms with Gasteiger partial charge in [-0.2, -0.15) is 5.10 Å². The standard InChI is InChI=1S/C20H15ClFN5O/c1-26-18(13-3-5-14(22)6-4-13)12-23-20(26)25-19(28)16-11-15(7-8-17(16)21)27-10-2-9-24-27/h2-12H,1H3,(H,23,25,28). The van der Waals surface area contributed by atoms with Gasteiger partial charge in [-0.1, -0.05) is 11.6 Å². The molecule has 0 saturated carbocycles. The van der Waals surface area contributed by atoms with E-state index in [-0.39, 0.29) is 5.82 Å². The molecule has 4 aromatic rings. The summed E-state index contributed by atoms with van der Waals surface area (Å²) in [5.41, 5.74) is 2.55. The van der Waals surface area contributed by atoms with Gasteiger partial charge in [0.05, 0.1) is 28.2 Å². The summed E-state index contributed by atoms with van der Waals surface area (Å²) < 4.78 is 16.5.